The molecule has 0 spiro atoms. The van der Waals surface area contributed by atoms with E-state index in [-0.39, 0.29) is 21.7 Å². The molecule has 0 N–H and O–H groups in total. The maximum absolute atomic E-state index is 4.06. The SMILES string of the molecule is C=CC1(C)C2=CC3(C)C=CC3(C)C=C2C1(C)C=C. The van der Waals surface area contributed by atoms with Gasteiger partial charge in [-0.05, 0) is 11.1 Å². The van der Waals surface area contributed by atoms with Gasteiger partial charge in [0.1, 0.15) is 0 Å². The summed E-state index contributed by atoms with van der Waals surface area (Å²) < 4.78 is 0. The van der Waals surface area contributed by atoms with Gasteiger partial charge in [-0.3, -0.25) is 0 Å². The third-order valence-corrected chi connectivity index (χ3v) is 6.13. The molecular weight excluding hydrogens is 216 g/mol. The minimum absolute atomic E-state index is 0.0222. The summed E-state index contributed by atoms with van der Waals surface area (Å²) in [6.07, 6.45) is 13.7. The molecule has 0 heteroatoms. The van der Waals surface area contributed by atoms with Gasteiger partial charge in [-0.15, -0.1) is 13.2 Å². The molecule has 3 rings (SSSR count). The second-order valence-corrected chi connectivity index (χ2v) is 6.83. The largest absolute Gasteiger partial charge is 0.102 e. The summed E-state index contributed by atoms with van der Waals surface area (Å²) in [4.78, 5) is 0. The first-order valence-electron chi connectivity index (χ1n) is 6.71. The van der Waals surface area contributed by atoms with Crippen LogP contribution in [0.25, 0.3) is 0 Å². The number of allylic oxidation sites excluding steroid dienone is 8. The molecule has 18 heavy (non-hydrogen) atoms. The van der Waals surface area contributed by atoms with Crippen LogP contribution >= 0.6 is 0 Å². The van der Waals surface area contributed by atoms with Gasteiger partial charge in [0.15, 0.2) is 0 Å². The van der Waals surface area contributed by atoms with E-state index in [9.17, 15) is 0 Å². The smallest absolute Gasteiger partial charge is 0.0230 e. The van der Waals surface area contributed by atoms with Gasteiger partial charge in [-0.2, -0.15) is 0 Å². The molecule has 1 fully saturated rings. The lowest BCUT2D eigenvalue weighted by Crippen LogP contribution is -2.54. The Hall–Kier alpha value is -1.30. The van der Waals surface area contributed by atoms with E-state index in [0.717, 1.165) is 0 Å². The quantitative estimate of drug-likeness (QED) is 0.604. The molecule has 3 aliphatic carbocycles. The predicted molar refractivity (Wildman–Crippen MR) is 78.1 cm³/mol. The van der Waals surface area contributed by atoms with Crippen LogP contribution in [0, 0.1) is 21.7 Å². The van der Waals surface area contributed by atoms with Crippen LogP contribution < -0.4 is 0 Å². The van der Waals surface area contributed by atoms with Crippen molar-refractivity contribution in [2.24, 2.45) is 21.7 Å². The van der Waals surface area contributed by atoms with Gasteiger partial charge in [-0.1, -0.05) is 64.2 Å². The molecule has 0 nitrogen and oxygen atoms in total. The van der Waals surface area contributed by atoms with E-state index in [1.165, 1.54) is 11.1 Å². The number of rotatable bonds is 2. The summed E-state index contributed by atoms with van der Waals surface area (Å²) in [5.74, 6) is 0. The molecule has 4 unspecified atom stereocenters. The second kappa shape index (κ2) is 2.82. The summed E-state index contributed by atoms with van der Waals surface area (Å²) in [7, 11) is 0. The molecule has 94 valence electrons. The van der Waals surface area contributed by atoms with Crippen LogP contribution in [0.1, 0.15) is 27.7 Å². The number of hydrogen-bond donors (Lipinski definition) is 0. The fraction of sp³-hybridized carbons (Fsp3) is 0.444. The third kappa shape index (κ3) is 0.889. The molecule has 3 aliphatic rings. The lowest BCUT2D eigenvalue weighted by Gasteiger charge is -2.63. The van der Waals surface area contributed by atoms with Gasteiger partial charge < -0.3 is 0 Å². The van der Waals surface area contributed by atoms with Crippen LogP contribution in [0.15, 0.2) is 60.8 Å². The van der Waals surface area contributed by atoms with Crippen molar-refractivity contribution in [3.05, 3.63) is 60.8 Å². The van der Waals surface area contributed by atoms with Crippen molar-refractivity contribution in [3.63, 3.8) is 0 Å². The molecule has 0 saturated heterocycles. The van der Waals surface area contributed by atoms with Crippen molar-refractivity contribution < 1.29 is 0 Å². The molecule has 0 heterocycles. The molecule has 0 bridgehead atoms. The maximum Gasteiger partial charge on any atom is 0.0230 e. The highest BCUT2D eigenvalue weighted by Crippen LogP contribution is 2.71. The van der Waals surface area contributed by atoms with Crippen LogP contribution in [-0.4, -0.2) is 0 Å². The van der Waals surface area contributed by atoms with Gasteiger partial charge in [0.2, 0.25) is 0 Å². The Balaban J connectivity index is 2.22. The van der Waals surface area contributed by atoms with Crippen LogP contribution in [0.5, 0.6) is 0 Å². The third-order valence-electron chi connectivity index (χ3n) is 6.13. The Morgan fingerprint density at radius 3 is 1.33 bits per heavy atom. The van der Waals surface area contributed by atoms with E-state index < -0.39 is 0 Å². The van der Waals surface area contributed by atoms with E-state index >= 15 is 0 Å². The molecule has 0 radical (unpaired) electrons. The highest BCUT2D eigenvalue weighted by Gasteiger charge is 2.61. The molecule has 0 amide bonds. The normalized spacial score (nSPS) is 52.0. The highest BCUT2D eigenvalue weighted by molar-refractivity contribution is 5.65. The molecule has 4 atom stereocenters. The summed E-state index contributed by atoms with van der Waals surface area (Å²) in [6.45, 7) is 17.3. The molecule has 0 aromatic heterocycles. The molecule has 0 aromatic rings. The molecular formula is C18H22. The Bertz CT molecular complexity index is 509. The molecule has 0 aromatic carbocycles. The van der Waals surface area contributed by atoms with E-state index in [1.807, 2.05) is 0 Å². The first-order valence-corrected chi connectivity index (χ1v) is 6.71. The maximum atomic E-state index is 4.06. The lowest BCUT2D eigenvalue weighted by molar-refractivity contribution is 0.170. The fourth-order valence-corrected chi connectivity index (χ4v) is 3.77. The standard InChI is InChI=1S/C18H22/c1-7-17(5)13-11-15(3)9-10-16(15,4)12-14(13)18(17,6)8-2/h7-12H,1-2H2,3-6H3. The van der Waals surface area contributed by atoms with Crippen molar-refractivity contribution in [1.29, 1.82) is 0 Å². The first-order chi connectivity index (χ1) is 8.26. The van der Waals surface area contributed by atoms with Crippen molar-refractivity contribution in [2.45, 2.75) is 27.7 Å². The van der Waals surface area contributed by atoms with Crippen LogP contribution in [0.2, 0.25) is 0 Å². The lowest BCUT2D eigenvalue weighted by atomic mass is 9.39. The number of fused-ring (bicyclic) bond motifs is 2. The van der Waals surface area contributed by atoms with E-state index in [4.69, 9.17) is 0 Å². The van der Waals surface area contributed by atoms with Crippen molar-refractivity contribution >= 4 is 0 Å². The topological polar surface area (TPSA) is 0 Å². The minimum atomic E-state index is 0.0222. The summed E-state index contributed by atoms with van der Waals surface area (Å²) in [5.41, 5.74) is 3.30. The van der Waals surface area contributed by atoms with E-state index in [1.54, 1.807) is 0 Å². The average Bonchev–Trinajstić information content (AvgIpc) is 2.37. The summed E-state index contributed by atoms with van der Waals surface area (Å²) in [5, 5.41) is 0. The monoisotopic (exact) mass is 238 g/mol. The Labute approximate surface area is 110 Å². The Kier molecular flexibility index (Phi) is 1.84. The van der Waals surface area contributed by atoms with Crippen LogP contribution in [-0.2, 0) is 0 Å². The van der Waals surface area contributed by atoms with Gasteiger partial charge in [-0.25, -0.2) is 0 Å². The average molecular weight is 238 g/mol. The first kappa shape index (κ1) is 11.8. The van der Waals surface area contributed by atoms with Gasteiger partial charge in [0.05, 0.1) is 0 Å². The molecule has 1 saturated carbocycles. The summed E-state index contributed by atoms with van der Waals surface area (Å²) >= 11 is 0. The van der Waals surface area contributed by atoms with Crippen molar-refractivity contribution in [2.75, 3.05) is 0 Å². The van der Waals surface area contributed by atoms with Gasteiger partial charge in [0, 0.05) is 21.7 Å². The Morgan fingerprint density at radius 2 is 1.11 bits per heavy atom. The zero-order valence-corrected chi connectivity index (χ0v) is 11.9. The fourth-order valence-electron chi connectivity index (χ4n) is 3.77. The molecule has 0 aliphatic heterocycles. The van der Waals surface area contributed by atoms with E-state index in [0.29, 0.717) is 0 Å². The summed E-state index contributed by atoms with van der Waals surface area (Å²) in [6, 6.07) is 0. The van der Waals surface area contributed by atoms with Crippen molar-refractivity contribution in [1.82, 2.24) is 0 Å². The zero-order valence-electron chi connectivity index (χ0n) is 11.9. The van der Waals surface area contributed by atoms with E-state index in [2.05, 4.69) is 77.3 Å². The van der Waals surface area contributed by atoms with Gasteiger partial charge >= 0.3 is 0 Å². The number of hydrogen-bond acceptors (Lipinski definition) is 0. The van der Waals surface area contributed by atoms with Gasteiger partial charge in [0.25, 0.3) is 0 Å². The van der Waals surface area contributed by atoms with Crippen molar-refractivity contribution in [3.8, 4) is 0 Å². The minimum Gasteiger partial charge on any atom is -0.102 e. The van der Waals surface area contributed by atoms with Crippen LogP contribution in [0.3, 0.4) is 0 Å². The predicted octanol–water partition coefficient (Wildman–Crippen LogP) is 4.83. The zero-order chi connectivity index (χ0) is 13.4. The second-order valence-electron chi connectivity index (χ2n) is 6.83. The highest BCUT2D eigenvalue weighted by atomic mass is 14.6. The Morgan fingerprint density at radius 1 is 0.778 bits per heavy atom. The van der Waals surface area contributed by atoms with Crippen LogP contribution in [0.4, 0.5) is 0 Å².